The summed E-state index contributed by atoms with van der Waals surface area (Å²) in [5, 5.41) is -0.384. The Labute approximate surface area is 101 Å². The van der Waals surface area contributed by atoms with Gasteiger partial charge < -0.3 is 10.2 Å². The van der Waals surface area contributed by atoms with Crippen LogP contribution in [0.25, 0.3) is 0 Å². The molecule has 0 atom stereocenters. The molecule has 0 unspecified atom stereocenters. The Balaban J connectivity index is 2.39. The Morgan fingerprint density at radius 2 is 1.94 bits per heavy atom. The second-order valence-corrected chi connectivity index (χ2v) is 4.97. The van der Waals surface area contributed by atoms with E-state index in [0.717, 1.165) is 18.4 Å². The minimum absolute atomic E-state index is 0.384. The number of hydrogen-bond donors (Lipinski definition) is 2. The van der Waals surface area contributed by atoms with Crippen LogP contribution in [0.5, 0.6) is 0 Å². The summed E-state index contributed by atoms with van der Waals surface area (Å²) >= 11 is 0. The first-order valence-electron chi connectivity index (χ1n) is 4.71. The summed E-state index contributed by atoms with van der Waals surface area (Å²) in [7, 11) is -4.06. The molecule has 1 aromatic heterocycles. The van der Waals surface area contributed by atoms with Crippen molar-refractivity contribution in [1.29, 1.82) is 0 Å². The molecule has 0 radical (unpaired) electrons. The number of hydrogen-bond acceptors (Lipinski definition) is 4. The van der Waals surface area contributed by atoms with Crippen LogP contribution in [0.2, 0.25) is 0 Å². The molecule has 0 amide bonds. The average molecular weight is 274 g/mol. The lowest BCUT2D eigenvalue weighted by molar-refractivity contribution is 0.451. The monoisotopic (exact) mass is 274 g/mol. The number of anilines is 2. The molecule has 0 fully saturated rings. The number of benzene rings is 1. The Kier molecular flexibility index (Phi) is 2.95. The fraction of sp³-hybridized carbons (Fsp3) is 0. The van der Waals surface area contributed by atoms with Crippen LogP contribution in [0.3, 0.4) is 0 Å². The molecule has 0 bridgehead atoms. The maximum atomic E-state index is 13.5. The van der Waals surface area contributed by atoms with E-state index in [1.54, 1.807) is 0 Å². The molecule has 18 heavy (non-hydrogen) atoms. The van der Waals surface area contributed by atoms with E-state index in [2.05, 4.69) is 4.42 Å². The highest BCUT2D eigenvalue weighted by Crippen LogP contribution is 2.25. The largest absolute Gasteiger partial charge is 0.451 e. The number of nitrogens with one attached hydrogen (secondary N) is 1. The van der Waals surface area contributed by atoms with Crippen molar-refractivity contribution >= 4 is 21.4 Å². The van der Waals surface area contributed by atoms with E-state index in [4.69, 9.17) is 5.73 Å². The van der Waals surface area contributed by atoms with E-state index in [0.29, 0.717) is 0 Å². The first-order chi connectivity index (χ1) is 8.42. The van der Waals surface area contributed by atoms with E-state index in [-0.39, 0.29) is 5.09 Å². The van der Waals surface area contributed by atoms with Crippen molar-refractivity contribution in [2.24, 2.45) is 0 Å². The summed E-state index contributed by atoms with van der Waals surface area (Å²) in [6, 6.07) is 4.34. The topological polar surface area (TPSA) is 85.3 Å². The van der Waals surface area contributed by atoms with Crippen molar-refractivity contribution in [2.75, 3.05) is 10.5 Å². The molecular formula is C10H8F2N2O3S. The molecule has 0 aliphatic heterocycles. The smallest absolute Gasteiger partial charge is 0.295 e. The Hall–Kier alpha value is -2.09. The highest BCUT2D eigenvalue weighted by Gasteiger charge is 2.20. The molecule has 2 rings (SSSR count). The van der Waals surface area contributed by atoms with Crippen LogP contribution in [0, 0.1) is 11.6 Å². The zero-order chi connectivity index (χ0) is 13.3. The summed E-state index contributed by atoms with van der Waals surface area (Å²) in [6.07, 6.45) is 1.16. The first kappa shape index (κ1) is 12.4. The van der Waals surface area contributed by atoms with Crippen LogP contribution in [0.15, 0.2) is 40.0 Å². The zero-order valence-corrected chi connectivity index (χ0v) is 9.67. The summed E-state index contributed by atoms with van der Waals surface area (Å²) in [5.74, 6) is -2.14. The third-order valence-electron chi connectivity index (χ3n) is 2.13. The van der Waals surface area contributed by atoms with Gasteiger partial charge in [0, 0.05) is 0 Å². The Morgan fingerprint density at radius 1 is 1.22 bits per heavy atom. The molecular weight excluding hydrogens is 266 g/mol. The zero-order valence-electron chi connectivity index (χ0n) is 8.85. The molecule has 0 saturated heterocycles. The van der Waals surface area contributed by atoms with Crippen LogP contribution < -0.4 is 10.5 Å². The second-order valence-electron chi connectivity index (χ2n) is 3.36. The van der Waals surface area contributed by atoms with Gasteiger partial charge in [0.05, 0.1) is 12.0 Å². The number of sulfonamides is 1. The highest BCUT2D eigenvalue weighted by molar-refractivity contribution is 7.92. The van der Waals surface area contributed by atoms with Gasteiger partial charge in [-0.05, 0) is 24.3 Å². The van der Waals surface area contributed by atoms with Gasteiger partial charge in [-0.15, -0.1) is 0 Å². The fourth-order valence-electron chi connectivity index (χ4n) is 1.26. The lowest BCUT2D eigenvalue weighted by Gasteiger charge is -2.08. The first-order valence-corrected chi connectivity index (χ1v) is 6.20. The molecule has 8 heteroatoms. The van der Waals surface area contributed by atoms with Gasteiger partial charge in [-0.1, -0.05) is 0 Å². The minimum Gasteiger partial charge on any atom is -0.451 e. The third kappa shape index (κ3) is 2.14. The highest BCUT2D eigenvalue weighted by atomic mass is 32.2. The van der Waals surface area contributed by atoms with Crippen LogP contribution in [-0.2, 0) is 10.0 Å². The molecule has 3 N–H and O–H groups in total. The van der Waals surface area contributed by atoms with Crippen LogP contribution in [0.4, 0.5) is 20.2 Å². The van der Waals surface area contributed by atoms with Gasteiger partial charge in [0.15, 0.2) is 5.82 Å². The van der Waals surface area contributed by atoms with Gasteiger partial charge in [-0.2, -0.15) is 8.42 Å². The lowest BCUT2D eigenvalue weighted by Crippen LogP contribution is -2.14. The van der Waals surface area contributed by atoms with E-state index in [9.17, 15) is 17.2 Å². The van der Waals surface area contributed by atoms with Crippen molar-refractivity contribution in [3.05, 3.63) is 42.2 Å². The predicted molar refractivity (Wildman–Crippen MR) is 60.3 cm³/mol. The number of furan rings is 1. The second kappa shape index (κ2) is 4.30. The summed E-state index contributed by atoms with van der Waals surface area (Å²) < 4.78 is 56.4. The van der Waals surface area contributed by atoms with Crippen LogP contribution >= 0.6 is 0 Å². The fourth-order valence-corrected chi connectivity index (χ4v) is 2.25. The van der Waals surface area contributed by atoms with Gasteiger partial charge in [0.1, 0.15) is 11.5 Å². The van der Waals surface area contributed by atoms with E-state index < -0.39 is 33.0 Å². The van der Waals surface area contributed by atoms with Crippen molar-refractivity contribution in [3.8, 4) is 0 Å². The van der Waals surface area contributed by atoms with Crippen molar-refractivity contribution in [2.45, 2.75) is 5.09 Å². The maximum Gasteiger partial charge on any atom is 0.295 e. The van der Waals surface area contributed by atoms with Gasteiger partial charge in [0.2, 0.25) is 5.09 Å². The molecule has 0 saturated carbocycles. The summed E-state index contributed by atoms with van der Waals surface area (Å²) in [5.41, 5.74) is 3.90. The molecule has 1 heterocycles. The maximum absolute atomic E-state index is 13.5. The predicted octanol–water partition coefficient (Wildman–Crippen LogP) is 1.94. The number of nitrogen functional groups attached to an aromatic ring is 1. The molecule has 0 aliphatic rings. The molecule has 5 nitrogen and oxygen atoms in total. The molecule has 1 aromatic carbocycles. The lowest BCUT2D eigenvalue weighted by atomic mass is 10.2. The van der Waals surface area contributed by atoms with Crippen LogP contribution in [0.1, 0.15) is 0 Å². The van der Waals surface area contributed by atoms with Gasteiger partial charge >= 0.3 is 0 Å². The van der Waals surface area contributed by atoms with Gasteiger partial charge in [-0.25, -0.2) is 8.78 Å². The number of rotatable bonds is 3. The Morgan fingerprint density at radius 3 is 2.56 bits per heavy atom. The van der Waals surface area contributed by atoms with Crippen LogP contribution in [-0.4, -0.2) is 8.42 Å². The summed E-state index contributed by atoms with van der Waals surface area (Å²) in [4.78, 5) is 0. The number of nitrogens with two attached hydrogens (primary N) is 1. The Bertz CT molecular complexity index is 669. The average Bonchev–Trinajstić information content (AvgIpc) is 2.84. The standard InChI is InChI=1S/C10H8F2N2O3S/c11-6-3-4-7(9(12)10(6)13)14-18(15,16)8-2-1-5-17-8/h1-5,14H,13H2. The minimum atomic E-state index is -4.06. The van der Waals surface area contributed by atoms with Gasteiger partial charge in [-0.3, -0.25) is 4.72 Å². The third-order valence-corrected chi connectivity index (χ3v) is 3.38. The number of halogens is 2. The SMILES string of the molecule is Nc1c(F)ccc(NS(=O)(=O)c2ccco2)c1F. The summed E-state index contributed by atoms with van der Waals surface area (Å²) in [6.45, 7) is 0. The molecule has 96 valence electrons. The molecule has 0 aliphatic carbocycles. The van der Waals surface area contributed by atoms with Crippen molar-refractivity contribution in [1.82, 2.24) is 0 Å². The van der Waals surface area contributed by atoms with E-state index >= 15 is 0 Å². The normalized spacial score (nSPS) is 11.4. The molecule has 2 aromatic rings. The van der Waals surface area contributed by atoms with Gasteiger partial charge in [0.25, 0.3) is 10.0 Å². The quantitative estimate of drug-likeness (QED) is 0.837. The van der Waals surface area contributed by atoms with Crippen molar-refractivity contribution < 1.29 is 21.6 Å². The molecule has 0 spiro atoms. The van der Waals surface area contributed by atoms with Crippen molar-refractivity contribution in [3.63, 3.8) is 0 Å². The van der Waals surface area contributed by atoms with E-state index in [1.807, 2.05) is 4.72 Å². The van der Waals surface area contributed by atoms with E-state index in [1.165, 1.54) is 12.1 Å².